The van der Waals surface area contributed by atoms with Gasteiger partial charge in [0.05, 0.1) is 7.11 Å². The highest BCUT2D eigenvalue weighted by Gasteiger charge is 2.12. The Bertz CT molecular complexity index is 540. The van der Waals surface area contributed by atoms with Gasteiger partial charge in [0.15, 0.2) is 11.0 Å². The van der Waals surface area contributed by atoms with E-state index < -0.39 is 0 Å². The summed E-state index contributed by atoms with van der Waals surface area (Å²) in [5.41, 5.74) is 1.02. The zero-order chi connectivity index (χ0) is 14.4. The molecule has 0 saturated carbocycles. The van der Waals surface area contributed by atoms with Crippen molar-refractivity contribution in [2.24, 2.45) is 0 Å². The van der Waals surface area contributed by atoms with Crippen LogP contribution < -0.4 is 4.74 Å². The molecule has 0 amide bonds. The minimum Gasteiger partial charge on any atom is -0.497 e. The molecule has 1 N–H and O–H groups in total. The zero-order valence-electron chi connectivity index (χ0n) is 11.7. The molecule has 0 fully saturated rings. The molecule has 0 atom stereocenters. The van der Waals surface area contributed by atoms with Gasteiger partial charge in [-0.1, -0.05) is 11.8 Å². The lowest BCUT2D eigenvalue weighted by Crippen LogP contribution is -2.00. The monoisotopic (exact) mass is 293 g/mol. The highest BCUT2D eigenvalue weighted by molar-refractivity contribution is 7.99. The normalized spacial score (nSPS) is 10.8. The van der Waals surface area contributed by atoms with Crippen molar-refractivity contribution in [1.29, 1.82) is 0 Å². The maximum atomic E-state index is 8.84. The maximum absolute atomic E-state index is 8.84. The topological polar surface area (TPSA) is 60.2 Å². The van der Waals surface area contributed by atoms with Gasteiger partial charge in [-0.3, -0.25) is 0 Å². The van der Waals surface area contributed by atoms with E-state index in [1.54, 1.807) is 18.9 Å². The lowest BCUT2D eigenvalue weighted by Gasteiger charge is -2.07. The summed E-state index contributed by atoms with van der Waals surface area (Å²) in [5, 5.41) is 18.3. The Labute approximate surface area is 123 Å². The molecular weight excluding hydrogens is 274 g/mol. The fraction of sp³-hybridized carbons (Fsp3) is 0.429. The van der Waals surface area contributed by atoms with Gasteiger partial charge < -0.3 is 14.4 Å². The van der Waals surface area contributed by atoms with Crippen LogP contribution in [0.25, 0.3) is 11.4 Å². The van der Waals surface area contributed by atoms with E-state index in [1.807, 2.05) is 24.3 Å². The molecule has 0 saturated heterocycles. The first-order chi connectivity index (χ1) is 9.80. The molecule has 1 aromatic carbocycles. The number of thioether (sulfide) groups is 1. The Hall–Kier alpha value is -1.53. The van der Waals surface area contributed by atoms with Crippen molar-refractivity contribution in [1.82, 2.24) is 14.8 Å². The molecule has 0 aliphatic carbocycles. The van der Waals surface area contributed by atoms with Crippen LogP contribution in [0.3, 0.4) is 0 Å². The standard InChI is InChI=1S/C14H19N3O2S/c1-3-17-13(11-5-7-12(19-2)8-6-11)15-16-14(17)20-10-4-9-18/h5-8,18H,3-4,9-10H2,1-2H3. The Morgan fingerprint density at radius 2 is 2.00 bits per heavy atom. The van der Waals surface area contributed by atoms with Crippen LogP contribution in [0, 0.1) is 0 Å². The Balaban J connectivity index is 2.22. The number of benzene rings is 1. The van der Waals surface area contributed by atoms with Crippen LogP contribution in [0.5, 0.6) is 5.75 Å². The van der Waals surface area contributed by atoms with Crippen molar-refractivity contribution in [2.45, 2.75) is 25.0 Å². The van der Waals surface area contributed by atoms with E-state index >= 15 is 0 Å². The second-order valence-electron chi connectivity index (χ2n) is 4.20. The summed E-state index contributed by atoms with van der Waals surface area (Å²) in [4.78, 5) is 0. The third kappa shape index (κ3) is 3.32. The number of rotatable bonds is 7. The molecule has 0 aliphatic heterocycles. The van der Waals surface area contributed by atoms with E-state index in [2.05, 4.69) is 21.7 Å². The quantitative estimate of drug-likeness (QED) is 0.627. The van der Waals surface area contributed by atoms with E-state index in [0.717, 1.165) is 41.0 Å². The van der Waals surface area contributed by atoms with Gasteiger partial charge in [-0.25, -0.2) is 0 Å². The molecule has 2 rings (SSSR count). The predicted octanol–water partition coefficient (Wildman–Crippen LogP) is 2.45. The third-order valence-electron chi connectivity index (χ3n) is 2.91. The van der Waals surface area contributed by atoms with Crippen LogP contribution in [-0.4, -0.2) is 39.3 Å². The highest BCUT2D eigenvalue weighted by Crippen LogP contribution is 2.25. The fourth-order valence-corrected chi connectivity index (χ4v) is 2.79. The van der Waals surface area contributed by atoms with Gasteiger partial charge in [-0.05, 0) is 37.6 Å². The van der Waals surface area contributed by atoms with E-state index in [0.29, 0.717) is 0 Å². The lowest BCUT2D eigenvalue weighted by molar-refractivity contribution is 0.296. The summed E-state index contributed by atoms with van der Waals surface area (Å²) < 4.78 is 7.25. The summed E-state index contributed by atoms with van der Waals surface area (Å²) >= 11 is 1.62. The van der Waals surface area contributed by atoms with Crippen LogP contribution in [-0.2, 0) is 6.54 Å². The maximum Gasteiger partial charge on any atom is 0.191 e. The summed E-state index contributed by atoms with van der Waals surface area (Å²) in [6.07, 6.45) is 0.763. The first-order valence-electron chi connectivity index (χ1n) is 6.61. The van der Waals surface area contributed by atoms with Crippen molar-refractivity contribution in [3.8, 4) is 17.1 Å². The number of methoxy groups -OCH3 is 1. The van der Waals surface area contributed by atoms with Crippen molar-refractivity contribution >= 4 is 11.8 Å². The van der Waals surface area contributed by atoms with Crippen LogP contribution in [0.1, 0.15) is 13.3 Å². The summed E-state index contributed by atoms with van der Waals surface area (Å²) in [7, 11) is 1.65. The number of hydrogen-bond acceptors (Lipinski definition) is 5. The van der Waals surface area contributed by atoms with E-state index in [9.17, 15) is 0 Å². The van der Waals surface area contributed by atoms with E-state index in [1.165, 1.54) is 0 Å². The SMILES string of the molecule is CCn1c(SCCCO)nnc1-c1ccc(OC)cc1. The van der Waals surface area contributed by atoms with Crippen LogP contribution >= 0.6 is 11.8 Å². The molecule has 108 valence electrons. The molecule has 0 bridgehead atoms. The molecule has 1 aromatic heterocycles. The predicted molar refractivity (Wildman–Crippen MR) is 80.1 cm³/mol. The second kappa shape index (κ2) is 7.31. The summed E-state index contributed by atoms with van der Waals surface area (Å²) in [5.74, 6) is 2.53. The van der Waals surface area contributed by atoms with Crippen LogP contribution in [0.2, 0.25) is 0 Å². The Morgan fingerprint density at radius 1 is 1.25 bits per heavy atom. The van der Waals surface area contributed by atoms with Gasteiger partial charge in [-0.15, -0.1) is 10.2 Å². The van der Waals surface area contributed by atoms with Gasteiger partial charge in [0.2, 0.25) is 0 Å². The summed E-state index contributed by atoms with van der Waals surface area (Å²) in [6, 6.07) is 7.81. The Morgan fingerprint density at radius 3 is 2.60 bits per heavy atom. The number of aliphatic hydroxyl groups is 1. The van der Waals surface area contributed by atoms with E-state index in [-0.39, 0.29) is 6.61 Å². The molecule has 1 heterocycles. The molecule has 2 aromatic rings. The molecule has 0 aliphatic rings. The molecule has 6 heteroatoms. The first-order valence-corrected chi connectivity index (χ1v) is 7.60. The van der Waals surface area contributed by atoms with Crippen LogP contribution in [0.4, 0.5) is 0 Å². The van der Waals surface area contributed by atoms with Gasteiger partial charge >= 0.3 is 0 Å². The summed E-state index contributed by atoms with van der Waals surface area (Å²) in [6.45, 7) is 3.10. The average Bonchev–Trinajstić information content (AvgIpc) is 2.90. The average molecular weight is 293 g/mol. The Kier molecular flexibility index (Phi) is 5.43. The third-order valence-corrected chi connectivity index (χ3v) is 3.97. The highest BCUT2D eigenvalue weighted by atomic mass is 32.2. The van der Waals surface area contributed by atoms with Gasteiger partial charge in [-0.2, -0.15) is 0 Å². The van der Waals surface area contributed by atoms with Crippen molar-refractivity contribution < 1.29 is 9.84 Å². The minimum absolute atomic E-state index is 0.207. The molecule has 0 unspecified atom stereocenters. The fourth-order valence-electron chi connectivity index (χ4n) is 1.86. The van der Waals surface area contributed by atoms with Crippen LogP contribution in [0.15, 0.2) is 29.4 Å². The van der Waals surface area contributed by atoms with Gasteiger partial charge in [0.25, 0.3) is 0 Å². The number of aromatic nitrogens is 3. The molecule has 0 radical (unpaired) electrons. The molecule has 0 spiro atoms. The van der Waals surface area contributed by atoms with Crippen molar-refractivity contribution in [2.75, 3.05) is 19.5 Å². The second-order valence-corrected chi connectivity index (χ2v) is 5.27. The van der Waals surface area contributed by atoms with Crippen molar-refractivity contribution in [3.63, 3.8) is 0 Å². The molecule has 5 nitrogen and oxygen atoms in total. The number of aliphatic hydroxyl groups excluding tert-OH is 1. The van der Waals surface area contributed by atoms with Gasteiger partial charge in [0.1, 0.15) is 5.75 Å². The lowest BCUT2D eigenvalue weighted by atomic mass is 10.2. The van der Waals surface area contributed by atoms with Crippen molar-refractivity contribution in [3.05, 3.63) is 24.3 Å². The largest absolute Gasteiger partial charge is 0.497 e. The minimum atomic E-state index is 0.207. The zero-order valence-corrected chi connectivity index (χ0v) is 12.6. The number of hydrogen-bond donors (Lipinski definition) is 1. The van der Waals surface area contributed by atoms with E-state index in [4.69, 9.17) is 9.84 Å². The first kappa shape index (κ1) is 14.9. The molecular formula is C14H19N3O2S. The smallest absolute Gasteiger partial charge is 0.191 e. The van der Waals surface area contributed by atoms with Gasteiger partial charge in [0, 0.05) is 24.5 Å². The number of ether oxygens (including phenoxy) is 1. The molecule has 20 heavy (non-hydrogen) atoms. The number of nitrogens with zero attached hydrogens (tertiary/aromatic N) is 3.